The van der Waals surface area contributed by atoms with E-state index in [2.05, 4.69) is 25.8 Å². The van der Waals surface area contributed by atoms with Gasteiger partial charge < -0.3 is 4.42 Å². The van der Waals surface area contributed by atoms with Crippen molar-refractivity contribution < 1.29 is 9.34 Å². The lowest BCUT2D eigenvalue weighted by Gasteiger charge is -2.32. The Kier molecular flexibility index (Phi) is 2.60. The summed E-state index contributed by atoms with van der Waals surface area (Å²) in [5, 5.41) is 12.0. The standard InChI is InChI=1S/C14H16N2O3/c1-8-7-15(3)9(2)12-10-5-4-6-11(16(17)18)14(10)19-13(8)12/h4-6,8-9H,7H2,1-3H3. The lowest BCUT2D eigenvalue weighted by Crippen LogP contribution is -2.31. The van der Waals surface area contributed by atoms with Gasteiger partial charge >= 0.3 is 5.69 Å². The summed E-state index contributed by atoms with van der Waals surface area (Å²) in [5.41, 5.74) is 1.56. The second kappa shape index (κ2) is 4.06. The van der Waals surface area contributed by atoms with Crippen molar-refractivity contribution in [3.8, 4) is 0 Å². The highest BCUT2D eigenvalue weighted by Crippen LogP contribution is 2.43. The number of benzene rings is 1. The van der Waals surface area contributed by atoms with Crippen LogP contribution in [0.1, 0.15) is 37.1 Å². The molecule has 2 aromatic rings. The predicted molar refractivity (Wildman–Crippen MR) is 72.3 cm³/mol. The number of nitro groups is 1. The van der Waals surface area contributed by atoms with Crippen molar-refractivity contribution in [2.45, 2.75) is 25.8 Å². The third-order valence-corrected chi connectivity index (χ3v) is 4.05. The highest BCUT2D eigenvalue weighted by Gasteiger charge is 2.33. The van der Waals surface area contributed by atoms with E-state index in [4.69, 9.17) is 4.42 Å². The first-order valence-corrected chi connectivity index (χ1v) is 6.40. The van der Waals surface area contributed by atoms with Crippen molar-refractivity contribution in [1.82, 2.24) is 4.90 Å². The molecular formula is C14H16N2O3. The van der Waals surface area contributed by atoms with Gasteiger partial charge in [0.1, 0.15) is 5.76 Å². The van der Waals surface area contributed by atoms with E-state index in [1.807, 2.05) is 6.07 Å². The van der Waals surface area contributed by atoms with E-state index >= 15 is 0 Å². The minimum absolute atomic E-state index is 0.0500. The van der Waals surface area contributed by atoms with E-state index in [-0.39, 0.29) is 22.6 Å². The molecule has 0 saturated heterocycles. The number of non-ortho nitro benzene ring substituents is 1. The van der Waals surface area contributed by atoms with Crippen molar-refractivity contribution in [2.75, 3.05) is 13.6 Å². The summed E-state index contributed by atoms with van der Waals surface area (Å²) in [7, 11) is 2.07. The molecule has 5 nitrogen and oxygen atoms in total. The molecule has 0 bridgehead atoms. The van der Waals surface area contributed by atoms with Crippen LogP contribution in [0.4, 0.5) is 5.69 Å². The van der Waals surface area contributed by atoms with Gasteiger partial charge in [0, 0.05) is 35.5 Å². The summed E-state index contributed by atoms with van der Waals surface area (Å²) in [6, 6.07) is 5.35. The molecule has 2 heterocycles. The summed E-state index contributed by atoms with van der Waals surface area (Å²) < 4.78 is 5.85. The molecule has 0 fully saturated rings. The zero-order valence-corrected chi connectivity index (χ0v) is 11.2. The SMILES string of the molecule is CC1CN(C)C(C)c2c1oc1c([N+](=O)[O-])cccc21. The van der Waals surface area contributed by atoms with Crippen LogP contribution in [0, 0.1) is 10.1 Å². The first-order valence-electron chi connectivity index (χ1n) is 6.40. The number of nitrogens with zero attached hydrogens (tertiary/aromatic N) is 2. The summed E-state index contributed by atoms with van der Waals surface area (Å²) in [6.45, 7) is 5.11. The minimum atomic E-state index is -0.379. The van der Waals surface area contributed by atoms with Gasteiger partial charge in [-0.05, 0) is 14.0 Å². The summed E-state index contributed by atoms with van der Waals surface area (Å²) in [6.07, 6.45) is 0. The van der Waals surface area contributed by atoms with Gasteiger partial charge in [-0.3, -0.25) is 15.0 Å². The largest absolute Gasteiger partial charge is 0.453 e. The van der Waals surface area contributed by atoms with Gasteiger partial charge in [-0.15, -0.1) is 0 Å². The number of rotatable bonds is 1. The number of hydrogen-bond donors (Lipinski definition) is 0. The third kappa shape index (κ3) is 1.65. The highest BCUT2D eigenvalue weighted by molar-refractivity contribution is 5.90. The van der Waals surface area contributed by atoms with Crippen LogP contribution in [0.5, 0.6) is 0 Å². The van der Waals surface area contributed by atoms with Crippen molar-refractivity contribution >= 4 is 16.7 Å². The number of nitro benzene ring substituents is 1. The van der Waals surface area contributed by atoms with Crippen molar-refractivity contribution in [3.63, 3.8) is 0 Å². The molecule has 1 aromatic heterocycles. The van der Waals surface area contributed by atoms with Gasteiger partial charge in [-0.25, -0.2) is 0 Å². The van der Waals surface area contributed by atoms with E-state index < -0.39 is 0 Å². The Labute approximate surface area is 111 Å². The summed E-state index contributed by atoms with van der Waals surface area (Å²) >= 11 is 0. The smallest absolute Gasteiger partial charge is 0.312 e. The molecular weight excluding hydrogens is 244 g/mol. The van der Waals surface area contributed by atoms with Crippen molar-refractivity contribution in [3.05, 3.63) is 39.6 Å². The number of likely N-dealkylation sites (N-methyl/N-ethyl adjacent to an activating group) is 1. The van der Waals surface area contributed by atoms with Crippen LogP contribution < -0.4 is 0 Å². The first kappa shape index (κ1) is 12.2. The maximum atomic E-state index is 11.1. The maximum Gasteiger partial charge on any atom is 0.312 e. The number of hydrogen-bond acceptors (Lipinski definition) is 4. The average molecular weight is 260 g/mol. The molecule has 5 heteroatoms. The minimum Gasteiger partial charge on any atom is -0.453 e. The first-order chi connectivity index (χ1) is 9.00. The molecule has 1 aliphatic rings. The molecule has 2 unspecified atom stereocenters. The van der Waals surface area contributed by atoms with Crippen molar-refractivity contribution in [1.29, 1.82) is 0 Å². The second-order valence-electron chi connectivity index (χ2n) is 5.31. The van der Waals surface area contributed by atoms with E-state index in [9.17, 15) is 10.1 Å². The number of furan rings is 1. The fraction of sp³-hybridized carbons (Fsp3) is 0.429. The molecule has 1 aliphatic heterocycles. The van der Waals surface area contributed by atoms with Crippen LogP contribution in [0.3, 0.4) is 0 Å². The monoisotopic (exact) mass is 260 g/mol. The lowest BCUT2D eigenvalue weighted by molar-refractivity contribution is -0.383. The van der Waals surface area contributed by atoms with Crippen LogP contribution in [0.25, 0.3) is 11.0 Å². The molecule has 3 rings (SSSR count). The predicted octanol–water partition coefficient (Wildman–Crippen LogP) is 3.45. The van der Waals surface area contributed by atoms with Gasteiger partial charge in [0.2, 0.25) is 5.58 Å². The Bertz CT molecular complexity index is 662. The summed E-state index contributed by atoms with van der Waals surface area (Å²) in [4.78, 5) is 13.0. The Hall–Kier alpha value is -1.88. The molecule has 0 spiro atoms. The molecule has 0 aliphatic carbocycles. The Morgan fingerprint density at radius 1 is 1.42 bits per heavy atom. The number of fused-ring (bicyclic) bond motifs is 3. The second-order valence-corrected chi connectivity index (χ2v) is 5.31. The molecule has 19 heavy (non-hydrogen) atoms. The maximum absolute atomic E-state index is 11.1. The van der Waals surface area contributed by atoms with E-state index in [1.54, 1.807) is 6.07 Å². The van der Waals surface area contributed by atoms with Gasteiger partial charge in [0.05, 0.1) is 4.92 Å². The molecule has 0 amide bonds. The van der Waals surface area contributed by atoms with Gasteiger partial charge in [-0.1, -0.05) is 19.1 Å². The zero-order valence-electron chi connectivity index (χ0n) is 11.2. The fourth-order valence-corrected chi connectivity index (χ4v) is 2.98. The summed E-state index contributed by atoms with van der Waals surface area (Å²) in [5.74, 6) is 1.15. The molecule has 2 atom stereocenters. The Balaban J connectivity index is 2.34. The van der Waals surface area contributed by atoms with Crippen LogP contribution >= 0.6 is 0 Å². The van der Waals surface area contributed by atoms with Crippen LogP contribution in [0.15, 0.2) is 22.6 Å². The van der Waals surface area contributed by atoms with Crippen LogP contribution in [-0.4, -0.2) is 23.4 Å². The average Bonchev–Trinajstić information content (AvgIpc) is 2.75. The Morgan fingerprint density at radius 3 is 2.84 bits per heavy atom. The van der Waals surface area contributed by atoms with Gasteiger partial charge in [0.25, 0.3) is 0 Å². The molecule has 0 saturated carbocycles. The van der Waals surface area contributed by atoms with Gasteiger partial charge in [0.15, 0.2) is 0 Å². The lowest BCUT2D eigenvalue weighted by atomic mass is 9.92. The van der Waals surface area contributed by atoms with Crippen LogP contribution in [0.2, 0.25) is 0 Å². The van der Waals surface area contributed by atoms with Crippen molar-refractivity contribution in [2.24, 2.45) is 0 Å². The third-order valence-electron chi connectivity index (χ3n) is 4.05. The molecule has 0 N–H and O–H groups in total. The van der Waals surface area contributed by atoms with E-state index in [0.29, 0.717) is 5.58 Å². The van der Waals surface area contributed by atoms with E-state index in [1.165, 1.54) is 6.07 Å². The molecule has 1 aromatic carbocycles. The number of para-hydroxylation sites is 1. The normalized spacial score (nSPS) is 23.5. The van der Waals surface area contributed by atoms with Gasteiger partial charge in [-0.2, -0.15) is 0 Å². The molecule has 0 radical (unpaired) electrons. The molecule has 100 valence electrons. The van der Waals surface area contributed by atoms with Crippen LogP contribution in [-0.2, 0) is 0 Å². The topological polar surface area (TPSA) is 59.5 Å². The highest BCUT2D eigenvalue weighted by atomic mass is 16.6. The fourth-order valence-electron chi connectivity index (χ4n) is 2.98. The quantitative estimate of drug-likeness (QED) is 0.582. The van der Waals surface area contributed by atoms with E-state index in [0.717, 1.165) is 23.3 Å². The zero-order chi connectivity index (χ0) is 13.7. The Morgan fingerprint density at radius 2 is 2.16 bits per heavy atom.